The number of hydrogen-bond donors (Lipinski definition) is 3. The standard InChI is InChI=1S/C11H12F3N3O4/c1-21-7(9(18)19)5-16-10(20)17-6-2-3-8(15-4-6)11(12,13)14/h2-4,7H,5H2,1H3,(H,18,19)(H2,16,17,20). The molecule has 0 aliphatic rings. The Morgan fingerprint density at radius 3 is 2.52 bits per heavy atom. The van der Waals surface area contributed by atoms with Crippen LogP contribution >= 0.6 is 0 Å². The zero-order valence-corrected chi connectivity index (χ0v) is 10.8. The van der Waals surface area contributed by atoms with Crippen LogP contribution in [0.5, 0.6) is 0 Å². The van der Waals surface area contributed by atoms with Crippen molar-refractivity contribution in [1.29, 1.82) is 0 Å². The second kappa shape index (κ2) is 6.88. The van der Waals surface area contributed by atoms with Crippen LogP contribution < -0.4 is 10.6 Å². The van der Waals surface area contributed by atoms with Gasteiger partial charge in [0.25, 0.3) is 0 Å². The van der Waals surface area contributed by atoms with E-state index >= 15 is 0 Å². The monoisotopic (exact) mass is 307 g/mol. The number of alkyl halides is 3. The second-order valence-corrected chi connectivity index (χ2v) is 3.83. The molecule has 21 heavy (non-hydrogen) atoms. The molecule has 1 unspecified atom stereocenters. The molecule has 1 heterocycles. The summed E-state index contributed by atoms with van der Waals surface area (Å²) in [6, 6.07) is 0.949. The van der Waals surface area contributed by atoms with Crippen LogP contribution in [0.3, 0.4) is 0 Å². The zero-order chi connectivity index (χ0) is 16.0. The van der Waals surface area contributed by atoms with Crippen molar-refractivity contribution in [3.05, 3.63) is 24.0 Å². The average Bonchev–Trinajstić information content (AvgIpc) is 2.38. The predicted molar refractivity (Wildman–Crippen MR) is 64.7 cm³/mol. The van der Waals surface area contributed by atoms with Gasteiger partial charge in [-0.05, 0) is 12.1 Å². The quantitative estimate of drug-likeness (QED) is 0.761. The number of pyridine rings is 1. The molecule has 1 rings (SSSR count). The maximum atomic E-state index is 12.3. The molecule has 2 amide bonds. The van der Waals surface area contributed by atoms with Gasteiger partial charge in [0.15, 0.2) is 6.10 Å². The lowest BCUT2D eigenvalue weighted by atomic mass is 10.3. The highest BCUT2D eigenvalue weighted by atomic mass is 19.4. The molecule has 0 saturated heterocycles. The molecule has 0 radical (unpaired) electrons. The highest BCUT2D eigenvalue weighted by molar-refractivity contribution is 5.89. The van der Waals surface area contributed by atoms with E-state index in [0.29, 0.717) is 6.07 Å². The number of nitrogens with one attached hydrogen (secondary N) is 2. The molecule has 1 aromatic rings. The number of aliphatic carboxylic acids is 1. The summed E-state index contributed by atoms with van der Waals surface area (Å²) in [5, 5.41) is 13.1. The number of nitrogens with zero attached hydrogens (tertiary/aromatic N) is 1. The largest absolute Gasteiger partial charge is 0.479 e. The number of anilines is 1. The highest BCUT2D eigenvalue weighted by Gasteiger charge is 2.32. The smallest absolute Gasteiger partial charge is 0.433 e. The maximum Gasteiger partial charge on any atom is 0.433 e. The Kier molecular flexibility index (Phi) is 5.47. The molecule has 0 aromatic carbocycles. The lowest BCUT2D eigenvalue weighted by Gasteiger charge is -2.12. The molecule has 0 spiro atoms. The average molecular weight is 307 g/mol. The number of carboxylic acid groups (broad SMARTS) is 1. The van der Waals surface area contributed by atoms with Crippen LogP contribution in [-0.4, -0.2) is 41.8 Å². The van der Waals surface area contributed by atoms with Gasteiger partial charge in [0.05, 0.1) is 18.4 Å². The third-order valence-electron chi connectivity index (χ3n) is 2.32. The normalized spacial score (nSPS) is 12.6. The molecular weight excluding hydrogens is 295 g/mol. The molecule has 3 N–H and O–H groups in total. The van der Waals surface area contributed by atoms with E-state index in [1.165, 1.54) is 0 Å². The zero-order valence-electron chi connectivity index (χ0n) is 10.8. The Morgan fingerprint density at radius 2 is 2.10 bits per heavy atom. The van der Waals surface area contributed by atoms with E-state index in [2.05, 4.69) is 20.4 Å². The lowest BCUT2D eigenvalue weighted by molar-refractivity contribution is -0.148. The van der Waals surface area contributed by atoms with Gasteiger partial charge >= 0.3 is 18.2 Å². The number of ether oxygens (including phenoxy) is 1. The number of aromatic nitrogens is 1. The molecule has 0 aliphatic carbocycles. The molecule has 1 aromatic heterocycles. The van der Waals surface area contributed by atoms with Gasteiger partial charge in [0, 0.05) is 7.11 Å². The number of hydrogen-bond acceptors (Lipinski definition) is 4. The summed E-state index contributed by atoms with van der Waals surface area (Å²) < 4.78 is 41.4. The van der Waals surface area contributed by atoms with Gasteiger partial charge in [0.2, 0.25) is 0 Å². The Hall–Kier alpha value is -2.36. The van der Waals surface area contributed by atoms with Crippen LogP contribution in [0.15, 0.2) is 18.3 Å². The maximum absolute atomic E-state index is 12.3. The van der Waals surface area contributed by atoms with Crippen molar-refractivity contribution < 1.29 is 32.6 Å². The van der Waals surface area contributed by atoms with Crippen LogP contribution in [0.4, 0.5) is 23.7 Å². The minimum absolute atomic E-state index is 0.0322. The van der Waals surface area contributed by atoms with Crippen molar-refractivity contribution in [3.63, 3.8) is 0 Å². The van der Waals surface area contributed by atoms with E-state index in [9.17, 15) is 22.8 Å². The number of methoxy groups -OCH3 is 1. The molecular formula is C11H12F3N3O4. The SMILES string of the molecule is COC(CNC(=O)Nc1ccc(C(F)(F)F)nc1)C(=O)O. The van der Waals surface area contributed by atoms with Gasteiger partial charge in [-0.2, -0.15) is 13.2 Å². The van der Waals surface area contributed by atoms with Crippen LogP contribution in [0.25, 0.3) is 0 Å². The van der Waals surface area contributed by atoms with E-state index < -0.39 is 30.0 Å². The van der Waals surface area contributed by atoms with Crippen molar-refractivity contribution in [3.8, 4) is 0 Å². The molecule has 10 heteroatoms. The Labute approximate surface area is 117 Å². The minimum atomic E-state index is -4.56. The second-order valence-electron chi connectivity index (χ2n) is 3.83. The Balaban J connectivity index is 2.54. The first-order chi connectivity index (χ1) is 9.74. The first-order valence-corrected chi connectivity index (χ1v) is 5.57. The lowest BCUT2D eigenvalue weighted by Crippen LogP contribution is -2.39. The summed E-state index contributed by atoms with van der Waals surface area (Å²) in [6.45, 7) is -0.300. The number of urea groups is 1. The van der Waals surface area contributed by atoms with Gasteiger partial charge in [-0.15, -0.1) is 0 Å². The molecule has 7 nitrogen and oxygen atoms in total. The fourth-order valence-electron chi connectivity index (χ4n) is 1.27. The number of carboxylic acids is 1. The summed E-state index contributed by atoms with van der Waals surface area (Å²) >= 11 is 0. The van der Waals surface area contributed by atoms with Gasteiger partial charge < -0.3 is 20.5 Å². The summed E-state index contributed by atoms with van der Waals surface area (Å²) in [5.41, 5.74) is -1.05. The number of carbonyl (C=O) groups is 2. The van der Waals surface area contributed by atoms with Crippen molar-refractivity contribution in [1.82, 2.24) is 10.3 Å². The Bertz CT molecular complexity index is 504. The van der Waals surface area contributed by atoms with Gasteiger partial charge in [-0.1, -0.05) is 0 Å². The van der Waals surface area contributed by atoms with Gasteiger partial charge in [-0.3, -0.25) is 0 Å². The van der Waals surface area contributed by atoms with E-state index in [-0.39, 0.29) is 12.2 Å². The molecule has 0 bridgehead atoms. The topological polar surface area (TPSA) is 101 Å². The van der Waals surface area contributed by atoms with E-state index in [1.807, 2.05) is 0 Å². The number of rotatable bonds is 5. The van der Waals surface area contributed by atoms with Crippen molar-refractivity contribution in [2.45, 2.75) is 12.3 Å². The van der Waals surface area contributed by atoms with Crippen molar-refractivity contribution in [2.75, 3.05) is 19.0 Å². The first-order valence-electron chi connectivity index (χ1n) is 5.57. The van der Waals surface area contributed by atoms with Gasteiger partial charge in [-0.25, -0.2) is 14.6 Å². The van der Waals surface area contributed by atoms with Crippen LogP contribution in [-0.2, 0) is 15.7 Å². The highest BCUT2D eigenvalue weighted by Crippen LogP contribution is 2.27. The number of carbonyl (C=O) groups excluding carboxylic acids is 1. The summed E-state index contributed by atoms with van der Waals surface area (Å²) in [6.07, 6.45) is -4.94. The molecule has 0 saturated carbocycles. The Morgan fingerprint density at radius 1 is 1.43 bits per heavy atom. The van der Waals surface area contributed by atoms with Gasteiger partial charge in [0.1, 0.15) is 5.69 Å². The van der Waals surface area contributed by atoms with Crippen LogP contribution in [0, 0.1) is 0 Å². The minimum Gasteiger partial charge on any atom is -0.479 e. The number of amides is 2. The van der Waals surface area contributed by atoms with E-state index in [4.69, 9.17) is 5.11 Å². The predicted octanol–water partition coefficient (Wildman–Crippen LogP) is 1.32. The first kappa shape index (κ1) is 16.7. The summed E-state index contributed by atoms with van der Waals surface area (Å²) in [5.74, 6) is -1.26. The molecule has 0 fully saturated rings. The fourth-order valence-corrected chi connectivity index (χ4v) is 1.27. The van der Waals surface area contributed by atoms with Crippen molar-refractivity contribution in [2.24, 2.45) is 0 Å². The third kappa shape index (κ3) is 5.26. The molecule has 1 atom stereocenters. The summed E-state index contributed by atoms with van der Waals surface area (Å²) in [4.78, 5) is 25.2. The molecule has 0 aliphatic heterocycles. The van der Waals surface area contributed by atoms with E-state index in [1.54, 1.807) is 0 Å². The van der Waals surface area contributed by atoms with E-state index in [0.717, 1.165) is 19.4 Å². The van der Waals surface area contributed by atoms with Crippen LogP contribution in [0.2, 0.25) is 0 Å². The summed E-state index contributed by atoms with van der Waals surface area (Å²) in [7, 11) is 1.16. The van der Waals surface area contributed by atoms with Crippen LogP contribution in [0.1, 0.15) is 5.69 Å². The third-order valence-corrected chi connectivity index (χ3v) is 2.32. The number of halogens is 3. The fraction of sp³-hybridized carbons (Fsp3) is 0.364. The van der Waals surface area contributed by atoms with Crippen molar-refractivity contribution >= 4 is 17.7 Å². The molecule has 116 valence electrons.